The normalized spacial score (nSPS) is 11.0. The lowest BCUT2D eigenvalue weighted by Crippen LogP contribution is -1.96. The predicted molar refractivity (Wildman–Crippen MR) is 81.9 cm³/mol. The molecule has 0 bridgehead atoms. The molecule has 0 spiro atoms. The molecule has 0 aliphatic carbocycles. The summed E-state index contributed by atoms with van der Waals surface area (Å²) >= 11 is 1.67. The lowest BCUT2D eigenvalue weighted by atomic mass is 10.1. The second-order valence-electron chi connectivity index (χ2n) is 4.72. The number of aromatic amines is 1. The van der Waals surface area contributed by atoms with Crippen LogP contribution in [-0.2, 0) is 18.0 Å². The molecule has 1 N–H and O–H groups in total. The van der Waals surface area contributed by atoms with Crippen LogP contribution in [0.2, 0.25) is 0 Å². The van der Waals surface area contributed by atoms with E-state index in [0.29, 0.717) is 13.2 Å². The highest BCUT2D eigenvalue weighted by molar-refractivity contribution is 7.11. The van der Waals surface area contributed by atoms with Gasteiger partial charge < -0.3 is 4.74 Å². The first-order chi connectivity index (χ1) is 10.2. The molecule has 5 nitrogen and oxygen atoms in total. The fourth-order valence-corrected chi connectivity index (χ4v) is 3.00. The maximum atomic E-state index is 5.77. The van der Waals surface area contributed by atoms with Crippen molar-refractivity contribution in [1.29, 1.82) is 0 Å². The molecule has 0 radical (unpaired) electrons. The standard InChI is InChI=1S/C15H16N4OS/c1-10-14(21-11(2)16-10)9-20-8-13-15(18-19-17-13)12-6-4-3-5-7-12/h3-7H,8-9H2,1-2H3,(H,17,18,19). The quantitative estimate of drug-likeness (QED) is 0.785. The van der Waals surface area contributed by atoms with Gasteiger partial charge in [-0.3, -0.25) is 0 Å². The van der Waals surface area contributed by atoms with Crippen LogP contribution in [-0.4, -0.2) is 20.4 Å². The van der Waals surface area contributed by atoms with Crippen LogP contribution in [0.5, 0.6) is 0 Å². The van der Waals surface area contributed by atoms with Gasteiger partial charge in [0.1, 0.15) is 11.4 Å². The highest BCUT2D eigenvalue weighted by Gasteiger charge is 2.11. The molecule has 6 heteroatoms. The van der Waals surface area contributed by atoms with Crippen molar-refractivity contribution >= 4 is 11.3 Å². The van der Waals surface area contributed by atoms with Crippen molar-refractivity contribution in [3.05, 3.63) is 51.6 Å². The molecule has 0 atom stereocenters. The summed E-state index contributed by atoms with van der Waals surface area (Å²) in [7, 11) is 0. The van der Waals surface area contributed by atoms with Crippen molar-refractivity contribution < 1.29 is 4.74 Å². The number of nitrogens with zero attached hydrogens (tertiary/aromatic N) is 3. The molecular formula is C15H16N4OS. The Morgan fingerprint density at radius 1 is 1.10 bits per heavy atom. The highest BCUT2D eigenvalue weighted by Crippen LogP contribution is 2.21. The van der Waals surface area contributed by atoms with Gasteiger partial charge in [0, 0.05) is 5.56 Å². The minimum absolute atomic E-state index is 0.428. The molecule has 0 amide bonds. The maximum Gasteiger partial charge on any atom is 0.118 e. The summed E-state index contributed by atoms with van der Waals surface area (Å²) in [6.07, 6.45) is 0. The van der Waals surface area contributed by atoms with Gasteiger partial charge >= 0.3 is 0 Å². The fourth-order valence-electron chi connectivity index (χ4n) is 2.13. The largest absolute Gasteiger partial charge is 0.369 e. The summed E-state index contributed by atoms with van der Waals surface area (Å²) in [4.78, 5) is 5.56. The zero-order chi connectivity index (χ0) is 14.7. The van der Waals surface area contributed by atoms with Crippen LogP contribution in [0, 0.1) is 13.8 Å². The van der Waals surface area contributed by atoms with E-state index in [9.17, 15) is 0 Å². The number of benzene rings is 1. The van der Waals surface area contributed by atoms with Gasteiger partial charge in [0.2, 0.25) is 0 Å². The average molecular weight is 300 g/mol. The Labute approximate surface area is 127 Å². The molecule has 1 aromatic carbocycles. The Morgan fingerprint density at radius 2 is 1.90 bits per heavy atom. The van der Waals surface area contributed by atoms with Gasteiger partial charge in [-0.1, -0.05) is 30.3 Å². The lowest BCUT2D eigenvalue weighted by molar-refractivity contribution is 0.106. The van der Waals surface area contributed by atoms with E-state index in [2.05, 4.69) is 20.4 Å². The predicted octanol–water partition coefficient (Wildman–Crippen LogP) is 3.26. The van der Waals surface area contributed by atoms with Crippen molar-refractivity contribution in [3.63, 3.8) is 0 Å². The third-order valence-corrected chi connectivity index (χ3v) is 4.19. The van der Waals surface area contributed by atoms with Crippen LogP contribution in [0.15, 0.2) is 30.3 Å². The molecule has 0 saturated carbocycles. The molecule has 0 aliphatic heterocycles. The zero-order valence-corrected chi connectivity index (χ0v) is 12.8. The third kappa shape index (κ3) is 3.17. The molecule has 2 aromatic heterocycles. The average Bonchev–Trinajstić information content (AvgIpc) is 3.07. The summed E-state index contributed by atoms with van der Waals surface area (Å²) in [5.74, 6) is 0. The zero-order valence-electron chi connectivity index (χ0n) is 12.0. The van der Waals surface area contributed by atoms with Gasteiger partial charge in [-0.25, -0.2) is 4.98 Å². The van der Waals surface area contributed by atoms with Crippen LogP contribution in [0.4, 0.5) is 0 Å². The minimum Gasteiger partial charge on any atom is -0.369 e. The summed E-state index contributed by atoms with van der Waals surface area (Å²) in [6, 6.07) is 9.97. The fraction of sp³-hybridized carbons (Fsp3) is 0.267. The molecular weight excluding hydrogens is 284 g/mol. The number of ether oxygens (including phenoxy) is 1. The van der Waals surface area contributed by atoms with E-state index in [1.165, 1.54) is 0 Å². The first kappa shape index (κ1) is 13.9. The Morgan fingerprint density at radius 3 is 2.62 bits per heavy atom. The summed E-state index contributed by atoms with van der Waals surface area (Å²) in [5.41, 5.74) is 3.74. The number of thiazole rings is 1. The van der Waals surface area contributed by atoms with Gasteiger partial charge in [-0.15, -0.1) is 11.3 Å². The number of nitrogens with one attached hydrogen (secondary N) is 1. The van der Waals surface area contributed by atoms with Crippen LogP contribution in [0.3, 0.4) is 0 Å². The van der Waals surface area contributed by atoms with Crippen LogP contribution in [0.25, 0.3) is 11.3 Å². The van der Waals surface area contributed by atoms with E-state index < -0.39 is 0 Å². The first-order valence-electron chi connectivity index (χ1n) is 6.70. The highest BCUT2D eigenvalue weighted by atomic mass is 32.1. The number of aromatic nitrogens is 4. The minimum atomic E-state index is 0.428. The number of hydrogen-bond donors (Lipinski definition) is 1. The smallest absolute Gasteiger partial charge is 0.118 e. The van der Waals surface area contributed by atoms with E-state index in [1.807, 2.05) is 44.2 Å². The van der Waals surface area contributed by atoms with Crippen molar-refractivity contribution in [3.8, 4) is 11.3 Å². The van der Waals surface area contributed by atoms with Gasteiger partial charge in [-0.2, -0.15) is 15.4 Å². The van der Waals surface area contributed by atoms with Crippen molar-refractivity contribution in [2.24, 2.45) is 0 Å². The first-order valence-corrected chi connectivity index (χ1v) is 7.51. The maximum absolute atomic E-state index is 5.77. The third-order valence-electron chi connectivity index (χ3n) is 3.14. The van der Waals surface area contributed by atoms with Gasteiger partial charge in [0.25, 0.3) is 0 Å². The number of rotatable bonds is 5. The molecule has 0 aliphatic rings. The summed E-state index contributed by atoms with van der Waals surface area (Å²) in [6.45, 7) is 5.00. The molecule has 21 heavy (non-hydrogen) atoms. The second kappa shape index (κ2) is 6.15. The SMILES string of the molecule is Cc1nc(C)c(COCc2n[nH]nc2-c2ccccc2)s1. The Bertz CT molecular complexity index is 720. The molecule has 0 saturated heterocycles. The van der Waals surface area contributed by atoms with Gasteiger partial charge in [-0.05, 0) is 13.8 Å². The number of aryl methyl sites for hydroxylation is 2. The molecule has 3 aromatic rings. The Hall–Kier alpha value is -2.05. The molecule has 0 fully saturated rings. The molecule has 108 valence electrons. The molecule has 3 rings (SSSR count). The van der Waals surface area contributed by atoms with Crippen LogP contribution < -0.4 is 0 Å². The second-order valence-corrected chi connectivity index (χ2v) is 6.01. The lowest BCUT2D eigenvalue weighted by Gasteiger charge is -2.03. The summed E-state index contributed by atoms with van der Waals surface area (Å²) in [5, 5.41) is 12.1. The Kier molecular flexibility index (Phi) is 4.08. The van der Waals surface area contributed by atoms with Crippen molar-refractivity contribution in [1.82, 2.24) is 20.4 Å². The van der Waals surface area contributed by atoms with E-state index >= 15 is 0 Å². The molecule has 2 heterocycles. The Balaban J connectivity index is 1.67. The van der Waals surface area contributed by atoms with Gasteiger partial charge in [0.05, 0.1) is 28.8 Å². The monoisotopic (exact) mass is 300 g/mol. The van der Waals surface area contributed by atoms with Crippen LogP contribution in [0.1, 0.15) is 21.3 Å². The van der Waals surface area contributed by atoms with Crippen molar-refractivity contribution in [2.45, 2.75) is 27.1 Å². The number of hydrogen-bond acceptors (Lipinski definition) is 5. The van der Waals surface area contributed by atoms with Crippen LogP contribution >= 0.6 is 11.3 Å². The van der Waals surface area contributed by atoms with E-state index in [1.54, 1.807) is 11.3 Å². The van der Waals surface area contributed by atoms with E-state index in [0.717, 1.165) is 32.5 Å². The van der Waals surface area contributed by atoms with E-state index in [4.69, 9.17) is 4.74 Å². The van der Waals surface area contributed by atoms with Crippen molar-refractivity contribution in [2.75, 3.05) is 0 Å². The molecule has 0 unspecified atom stereocenters. The number of H-pyrrole nitrogens is 1. The summed E-state index contributed by atoms with van der Waals surface area (Å²) < 4.78 is 5.77. The van der Waals surface area contributed by atoms with E-state index in [-0.39, 0.29) is 0 Å². The topological polar surface area (TPSA) is 63.7 Å². The van der Waals surface area contributed by atoms with Gasteiger partial charge in [0.15, 0.2) is 0 Å².